The first-order valence-corrected chi connectivity index (χ1v) is 5.99. The van der Waals surface area contributed by atoms with E-state index in [1.807, 2.05) is 7.05 Å². The van der Waals surface area contributed by atoms with Crippen molar-refractivity contribution in [2.75, 3.05) is 12.4 Å². The summed E-state index contributed by atoms with van der Waals surface area (Å²) in [7, 11) is 1.94. The molecule has 16 heavy (non-hydrogen) atoms. The molecule has 1 aromatic rings. The van der Waals surface area contributed by atoms with Gasteiger partial charge in [-0.3, -0.25) is 0 Å². The van der Waals surface area contributed by atoms with E-state index < -0.39 is 0 Å². The van der Waals surface area contributed by atoms with Gasteiger partial charge in [-0.25, -0.2) is 0 Å². The van der Waals surface area contributed by atoms with Gasteiger partial charge in [0.15, 0.2) is 0 Å². The Labute approximate surface area is 98.0 Å². The number of ether oxygens (including phenoxy) is 1. The van der Waals surface area contributed by atoms with E-state index in [1.54, 1.807) is 0 Å². The molecule has 2 rings (SSSR count). The van der Waals surface area contributed by atoms with Crippen LogP contribution in [0.4, 0.5) is 5.69 Å². The van der Waals surface area contributed by atoms with Crippen molar-refractivity contribution in [2.45, 2.75) is 45.1 Å². The summed E-state index contributed by atoms with van der Waals surface area (Å²) in [6, 6.07) is 6.39. The molecular formula is C14H21NO. The van der Waals surface area contributed by atoms with E-state index in [0.717, 1.165) is 11.4 Å². The molecule has 0 aliphatic heterocycles. The van der Waals surface area contributed by atoms with Crippen molar-refractivity contribution in [1.29, 1.82) is 0 Å². The normalized spacial score (nSPS) is 16.0. The van der Waals surface area contributed by atoms with Crippen LogP contribution in [0.2, 0.25) is 0 Å². The van der Waals surface area contributed by atoms with E-state index in [1.165, 1.54) is 18.4 Å². The van der Waals surface area contributed by atoms with E-state index in [9.17, 15) is 0 Å². The minimum Gasteiger partial charge on any atom is -0.490 e. The van der Waals surface area contributed by atoms with Crippen LogP contribution in [0.15, 0.2) is 18.2 Å². The average molecular weight is 219 g/mol. The summed E-state index contributed by atoms with van der Waals surface area (Å²) in [5.74, 6) is 1.04. The molecule has 1 aliphatic carbocycles. The summed E-state index contributed by atoms with van der Waals surface area (Å²) in [4.78, 5) is 0. The number of hydrogen-bond donors (Lipinski definition) is 1. The fourth-order valence-corrected chi connectivity index (χ4v) is 1.76. The molecule has 88 valence electrons. The summed E-state index contributed by atoms with van der Waals surface area (Å²) in [6.07, 6.45) is 2.86. The summed E-state index contributed by atoms with van der Waals surface area (Å²) < 4.78 is 5.99. The van der Waals surface area contributed by atoms with Gasteiger partial charge in [0.2, 0.25) is 0 Å². The number of hydrogen-bond acceptors (Lipinski definition) is 2. The van der Waals surface area contributed by atoms with Gasteiger partial charge in [-0.15, -0.1) is 0 Å². The first-order chi connectivity index (χ1) is 7.50. The second-order valence-corrected chi connectivity index (χ2v) is 5.53. The molecule has 1 saturated carbocycles. The third-order valence-electron chi connectivity index (χ3n) is 2.90. The Hall–Kier alpha value is -1.18. The average Bonchev–Trinajstić information content (AvgIpc) is 3.00. The quantitative estimate of drug-likeness (QED) is 0.839. The SMILES string of the molecule is CNc1ccc(C(C)(C)C)c(OC2CC2)c1. The molecule has 0 saturated heterocycles. The molecule has 0 amide bonds. The summed E-state index contributed by atoms with van der Waals surface area (Å²) in [5.41, 5.74) is 2.54. The second-order valence-electron chi connectivity index (χ2n) is 5.53. The molecule has 2 nitrogen and oxygen atoms in total. The first kappa shape index (κ1) is 11.3. The predicted molar refractivity (Wildman–Crippen MR) is 68.3 cm³/mol. The minimum absolute atomic E-state index is 0.135. The van der Waals surface area contributed by atoms with Gasteiger partial charge in [0.1, 0.15) is 5.75 Å². The fraction of sp³-hybridized carbons (Fsp3) is 0.571. The number of nitrogens with one attached hydrogen (secondary N) is 1. The lowest BCUT2D eigenvalue weighted by Gasteiger charge is -2.23. The van der Waals surface area contributed by atoms with Gasteiger partial charge in [-0.05, 0) is 29.9 Å². The largest absolute Gasteiger partial charge is 0.490 e. The molecule has 0 atom stereocenters. The van der Waals surface area contributed by atoms with Gasteiger partial charge in [-0.2, -0.15) is 0 Å². The first-order valence-electron chi connectivity index (χ1n) is 5.99. The molecule has 0 unspecified atom stereocenters. The van der Waals surface area contributed by atoms with Crippen LogP contribution in [0.3, 0.4) is 0 Å². The highest BCUT2D eigenvalue weighted by atomic mass is 16.5. The van der Waals surface area contributed by atoms with Crippen LogP contribution in [0.5, 0.6) is 5.75 Å². The van der Waals surface area contributed by atoms with Crippen molar-refractivity contribution in [3.63, 3.8) is 0 Å². The highest BCUT2D eigenvalue weighted by Crippen LogP contribution is 2.36. The Morgan fingerprint density at radius 2 is 1.94 bits per heavy atom. The van der Waals surface area contributed by atoms with Crippen LogP contribution in [0.25, 0.3) is 0 Å². The highest BCUT2D eigenvalue weighted by Gasteiger charge is 2.27. The van der Waals surface area contributed by atoms with Crippen molar-refractivity contribution < 1.29 is 4.74 Å². The third-order valence-corrected chi connectivity index (χ3v) is 2.90. The molecule has 0 spiro atoms. The Morgan fingerprint density at radius 3 is 2.44 bits per heavy atom. The Bertz CT molecular complexity index is 375. The molecule has 1 aromatic carbocycles. The van der Waals surface area contributed by atoms with Crippen LogP contribution in [-0.4, -0.2) is 13.2 Å². The lowest BCUT2D eigenvalue weighted by molar-refractivity contribution is 0.295. The molecule has 0 aromatic heterocycles. The third kappa shape index (κ3) is 2.49. The van der Waals surface area contributed by atoms with Gasteiger partial charge in [-0.1, -0.05) is 26.8 Å². The van der Waals surface area contributed by atoms with Crippen molar-refractivity contribution in [3.8, 4) is 5.75 Å². The minimum atomic E-state index is 0.135. The summed E-state index contributed by atoms with van der Waals surface area (Å²) in [5, 5.41) is 3.16. The zero-order chi connectivity index (χ0) is 11.8. The molecule has 1 N–H and O–H groups in total. The van der Waals surface area contributed by atoms with Crippen molar-refractivity contribution in [1.82, 2.24) is 0 Å². The standard InChI is InChI=1S/C14H21NO/c1-14(2,3)12-8-5-10(15-4)9-13(12)16-11-6-7-11/h5,8-9,11,15H,6-7H2,1-4H3. The van der Waals surface area contributed by atoms with E-state index in [0.29, 0.717) is 6.10 Å². The fourth-order valence-electron chi connectivity index (χ4n) is 1.76. The zero-order valence-corrected chi connectivity index (χ0v) is 10.6. The number of anilines is 1. The molecule has 1 fully saturated rings. The van der Waals surface area contributed by atoms with Crippen molar-refractivity contribution in [2.24, 2.45) is 0 Å². The summed E-state index contributed by atoms with van der Waals surface area (Å²) in [6.45, 7) is 6.67. The Kier molecular flexibility index (Phi) is 2.83. The molecule has 2 heteroatoms. The monoisotopic (exact) mass is 219 g/mol. The van der Waals surface area contributed by atoms with E-state index >= 15 is 0 Å². The maximum absolute atomic E-state index is 5.99. The Balaban J connectivity index is 2.33. The highest BCUT2D eigenvalue weighted by molar-refractivity contribution is 5.53. The van der Waals surface area contributed by atoms with Crippen LogP contribution in [0.1, 0.15) is 39.2 Å². The zero-order valence-electron chi connectivity index (χ0n) is 10.6. The number of rotatable bonds is 3. The van der Waals surface area contributed by atoms with Crippen LogP contribution < -0.4 is 10.1 Å². The van der Waals surface area contributed by atoms with Gasteiger partial charge in [0.25, 0.3) is 0 Å². The van der Waals surface area contributed by atoms with Gasteiger partial charge in [0, 0.05) is 18.8 Å². The maximum atomic E-state index is 5.99. The van der Waals surface area contributed by atoms with Crippen LogP contribution in [0, 0.1) is 0 Å². The lowest BCUT2D eigenvalue weighted by Crippen LogP contribution is -2.14. The van der Waals surface area contributed by atoms with Crippen molar-refractivity contribution in [3.05, 3.63) is 23.8 Å². The van der Waals surface area contributed by atoms with Gasteiger partial charge >= 0.3 is 0 Å². The molecule has 0 radical (unpaired) electrons. The molecule has 1 aliphatic rings. The smallest absolute Gasteiger partial charge is 0.125 e. The van der Waals surface area contributed by atoms with E-state index in [2.05, 4.69) is 44.3 Å². The van der Waals surface area contributed by atoms with Crippen LogP contribution in [-0.2, 0) is 5.41 Å². The van der Waals surface area contributed by atoms with Crippen molar-refractivity contribution >= 4 is 5.69 Å². The van der Waals surface area contributed by atoms with E-state index in [-0.39, 0.29) is 5.41 Å². The number of benzene rings is 1. The Morgan fingerprint density at radius 1 is 1.25 bits per heavy atom. The second kappa shape index (κ2) is 4.00. The van der Waals surface area contributed by atoms with Gasteiger partial charge < -0.3 is 10.1 Å². The van der Waals surface area contributed by atoms with Gasteiger partial charge in [0.05, 0.1) is 6.10 Å². The predicted octanol–water partition coefficient (Wildman–Crippen LogP) is 3.57. The van der Waals surface area contributed by atoms with Crippen LogP contribution >= 0.6 is 0 Å². The maximum Gasteiger partial charge on any atom is 0.125 e. The topological polar surface area (TPSA) is 21.3 Å². The molecular weight excluding hydrogens is 198 g/mol. The molecule has 0 heterocycles. The summed E-state index contributed by atoms with van der Waals surface area (Å²) >= 11 is 0. The van der Waals surface area contributed by atoms with E-state index in [4.69, 9.17) is 4.74 Å². The molecule has 0 bridgehead atoms. The lowest BCUT2D eigenvalue weighted by atomic mass is 9.86.